The highest BCUT2D eigenvalue weighted by Crippen LogP contribution is 2.39. The monoisotopic (exact) mass is 360 g/mol. The highest BCUT2D eigenvalue weighted by atomic mass is 32.2. The molecule has 2 unspecified atom stereocenters. The van der Waals surface area contributed by atoms with Crippen molar-refractivity contribution in [1.82, 2.24) is 9.29 Å². The van der Waals surface area contributed by atoms with Gasteiger partial charge in [-0.25, -0.2) is 8.42 Å². The number of hydrogen-bond donors (Lipinski definition) is 0. The van der Waals surface area contributed by atoms with Crippen LogP contribution in [0, 0.1) is 5.92 Å². The van der Waals surface area contributed by atoms with Crippen molar-refractivity contribution >= 4 is 10.0 Å². The van der Waals surface area contributed by atoms with Gasteiger partial charge in [0.1, 0.15) is 11.5 Å². The summed E-state index contributed by atoms with van der Waals surface area (Å²) in [4.78, 5) is 4.18. The molecule has 25 heavy (non-hydrogen) atoms. The van der Waals surface area contributed by atoms with Gasteiger partial charge in [0.2, 0.25) is 10.0 Å². The van der Waals surface area contributed by atoms with Crippen LogP contribution in [-0.2, 0) is 15.8 Å². The van der Waals surface area contributed by atoms with Gasteiger partial charge in [-0.2, -0.15) is 4.31 Å². The van der Waals surface area contributed by atoms with Crippen molar-refractivity contribution in [2.24, 2.45) is 5.92 Å². The lowest BCUT2D eigenvalue weighted by Crippen LogP contribution is -2.42. The highest BCUT2D eigenvalue weighted by molar-refractivity contribution is 7.88. The number of pyridine rings is 1. The van der Waals surface area contributed by atoms with E-state index < -0.39 is 10.0 Å². The molecule has 0 bridgehead atoms. The number of piperidine rings is 1. The van der Waals surface area contributed by atoms with Crippen molar-refractivity contribution in [2.75, 3.05) is 13.7 Å². The van der Waals surface area contributed by atoms with Gasteiger partial charge in [0.05, 0.1) is 18.8 Å². The minimum Gasteiger partial charge on any atom is -0.496 e. The molecule has 2 atom stereocenters. The van der Waals surface area contributed by atoms with E-state index in [1.54, 1.807) is 29.7 Å². The first-order valence-corrected chi connectivity index (χ1v) is 10.1. The van der Waals surface area contributed by atoms with Gasteiger partial charge in [-0.1, -0.05) is 31.2 Å². The van der Waals surface area contributed by atoms with Gasteiger partial charge in [0, 0.05) is 18.3 Å². The van der Waals surface area contributed by atoms with Gasteiger partial charge in [-0.15, -0.1) is 0 Å². The lowest BCUT2D eigenvalue weighted by Gasteiger charge is -2.38. The molecule has 2 aromatic rings. The molecule has 3 rings (SSSR count). The molecule has 0 radical (unpaired) electrons. The number of aromatic nitrogens is 1. The summed E-state index contributed by atoms with van der Waals surface area (Å²) < 4.78 is 33.4. The van der Waals surface area contributed by atoms with Crippen molar-refractivity contribution < 1.29 is 13.2 Å². The predicted octanol–water partition coefficient (Wildman–Crippen LogP) is 3.39. The zero-order chi connectivity index (χ0) is 17.9. The highest BCUT2D eigenvalue weighted by Gasteiger charge is 2.37. The Morgan fingerprint density at radius 1 is 1.16 bits per heavy atom. The summed E-state index contributed by atoms with van der Waals surface area (Å²) in [5, 5.41) is 0. The van der Waals surface area contributed by atoms with Crippen LogP contribution in [0.2, 0.25) is 0 Å². The molecule has 1 fully saturated rings. The normalized spacial score (nSPS) is 21.8. The Hall–Kier alpha value is -1.92. The van der Waals surface area contributed by atoms with Crippen LogP contribution in [0.4, 0.5) is 0 Å². The van der Waals surface area contributed by atoms with E-state index in [2.05, 4.69) is 11.9 Å². The van der Waals surface area contributed by atoms with E-state index in [9.17, 15) is 8.42 Å². The molecule has 0 saturated carbocycles. The Morgan fingerprint density at radius 3 is 2.64 bits per heavy atom. The average molecular weight is 360 g/mol. The molecule has 1 aliphatic rings. The van der Waals surface area contributed by atoms with Crippen molar-refractivity contribution in [2.45, 2.75) is 31.6 Å². The van der Waals surface area contributed by atoms with Crippen LogP contribution in [0.3, 0.4) is 0 Å². The molecule has 1 saturated heterocycles. The zero-order valence-electron chi connectivity index (χ0n) is 14.6. The Kier molecular flexibility index (Phi) is 5.39. The summed E-state index contributed by atoms with van der Waals surface area (Å²) in [6.07, 6.45) is 3.42. The van der Waals surface area contributed by atoms with Crippen molar-refractivity contribution in [1.29, 1.82) is 0 Å². The van der Waals surface area contributed by atoms with E-state index in [1.807, 2.05) is 30.3 Å². The smallest absolute Gasteiger partial charge is 0.220 e. The molecule has 2 heterocycles. The van der Waals surface area contributed by atoms with Gasteiger partial charge in [0.25, 0.3) is 0 Å². The van der Waals surface area contributed by atoms with Crippen LogP contribution >= 0.6 is 0 Å². The molecule has 0 aliphatic carbocycles. The molecule has 1 aromatic heterocycles. The summed E-state index contributed by atoms with van der Waals surface area (Å²) in [7, 11) is -1.85. The van der Waals surface area contributed by atoms with E-state index in [4.69, 9.17) is 4.74 Å². The molecule has 5 nitrogen and oxygen atoms in total. The maximum Gasteiger partial charge on any atom is 0.220 e. The quantitative estimate of drug-likeness (QED) is 0.820. The van der Waals surface area contributed by atoms with Crippen LogP contribution < -0.4 is 4.74 Å². The van der Waals surface area contributed by atoms with E-state index in [0.717, 1.165) is 24.2 Å². The fraction of sp³-hybridized carbons (Fsp3) is 0.421. The molecule has 0 amide bonds. The van der Waals surface area contributed by atoms with Crippen LogP contribution in [-0.4, -0.2) is 31.4 Å². The first kappa shape index (κ1) is 17.9. The van der Waals surface area contributed by atoms with Crippen molar-refractivity contribution in [3.05, 3.63) is 59.9 Å². The van der Waals surface area contributed by atoms with Crippen LogP contribution in [0.5, 0.6) is 5.75 Å². The number of benzene rings is 1. The van der Waals surface area contributed by atoms with Gasteiger partial charge in [-0.3, -0.25) is 4.98 Å². The largest absolute Gasteiger partial charge is 0.496 e. The third-order valence-electron chi connectivity index (χ3n) is 4.68. The lowest BCUT2D eigenvalue weighted by molar-refractivity contribution is 0.203. The van der Waals surface area contributed by atoms with Crippen molar-refractivity contribution in [3.63, 3.8) is 0 Å². The standard InChI is InChI=1S/C19H24N2O3S/c1-15-10-11-18(17-8-3-4-9-19(17)24-2)21(13-15)25(22,23)14-16-7-5-6-12-20-16/h3-9,12,15,18H,10-11,13-14H2,1-2H3. The Labute approximate surface area is 149 Å². The van der Waals surface area contributed by atoms with E-state index in [1.165, 1.54) is 0 Å². The van der Waals surface area contributed by atoms with Crippen LogP contribution in [0.1, 0.15) is 37.1 Å². The SMILES string of the molecule is COc1ccccc1C1CCC(C)CN1S(=O)(=O)Cc1ccccn1. The minimum absolute atomic E-state index is 0.0772. The second-order valence-corrected chi connectivity index (χ2v) is 8.51. The molecule has 1 aromatic carbocycles. The molecule has 0 N–H and O–H groups in total. The molecule has 6 heteroatoms. The van der Waals surface area contributed by atoms with E-state index in [0.29, 0.717) is 18.2 Å². The lowest BCUT2D eigenvalue weighted by atomic mass is 9.91. The second-order valence-electron chi connectivity index (χ2n) is 6.59. The fourth-order valence-corrected chi connectivity index (χ4v) is 5.22. The number of nitrogens with zero attached hydrogens (tertiary/aromatic N) is 2. The summed E-state index contributed by atoms with van der Waals surface area (Å²) >= 11 is 0. The number of rotatable bonds is 5. The Morgan fingerprint density at radius 2 is 1.92 bits per heavy atom. The van der Waals surface area contributed by atoms with Gasteiger partial charge in [0.15, 0.2) is 0 Å². The molecule has 0 spiro atoms. The number of sulfonamides is 1. The van der Waals surface area contributed by atoms with Gasteiger partial charge >= 0.3 is 0 Å². The number of hydrogen-bond acceptors (Lipinski definition) is 4. The summed E-state index contributed by atoms with van der Waals surface area (Å²) in [5.41, 5.74) is 1.50. The molecule has 134 valence electrons. The van der Waals surface area contributed by atoms with Gasteiger partial charge in [-0.05, 0) is 37.0 Å². The minimum atomic E-state index is -3.48. The first-order chi connectivity index (χ1) is 12.0. The first-order valence-electron chi connectivity index (χ1n) is 8.53. The number of ether oxygens (including phenoxy) is 1. The second kappa shape index (κ2) is 7.54. The predicted molar refractivity (Wildman–Crippen MR) is 97.7 cm³/mol. The fourth-order valence-electron chi connectivity index (χ4n) is 3.43. The van der Waals surface area contributed by atoms with E-state index in [-0.39, 0.29) is 11.8 Å². The third-order valence-corrected chi connectivity index (χ3v) is 6.46. The van der Waals surface area contributed by atoms with Crippen molar-refractivity contribution in [3.8, 4) is 5.75 Å². The number of methoxy groups -OCH3 is 1. The maximum atomic E-state index is 13.1. The average Bonchev–Trinajstić information content (AvgIpc) is 2.62. The Balaban J connectivity index is 1.95. The van der Waals surface area contributed by atoms with Crippen LogP contribution in [0.15, 0.2) is 48.7 Å². The molecular formula is C19H24N2O3S. The van der Waals surface area contributed by atoms with Crippen LogP contribution in [0.25, 0.3) is 0 Å². The maximum absolute atomic E-state index is 13.1. The summed E-state index contributed by atoms with van der Waals surface area (Å²) in [6.45, 7) is 2.62. The molecular weight excluding hydrogens is 336 g/mol. The zero-order valence-corrected chi connectivity index (χ0v) is 15.4. The Bertz CT molecular complexity index is 808. The third kappa shape index (κ3) is 4.02. The molecule has 1 aliphatic heterocycles. The summed E-state index contributed by atoms with van der Waals surface area (Å²) in [6, 6.07) is 12.8. The van der Waals surface area contributed by atoms with E-state index >= 15 is 0 Å². The summed E-state index contributed by atoms with van der Waals surface area (Å²) in [5.74, 6) is 0.996. The number of para-hydroxylation sites is 1. The topological polar surface area (TPSA) is 59.5 Å². The van der Waals surface area contributed by atoms with Gasteiger partial charge < -0.3 is 4.74 Å².